The molecule has 3 amide bonds. The van der Waals surface area contributed by atoms with Gasteiger partial charge in [-0.15, -0.1) is 0 Å². The molecule has 1 atom stereocenters. The summed E-state index contributed by atoms with van der Waals surface area (Å²) in [5.41, 5.74) is 0.512. The molecule has 2 aliphatic heterocycles. The minimum atomic E-state index is -0.889. The first-order valence-corrected chi connectivity index (χ1v) is 10.5. The molecule has 1 aromatic rings. The first-order chi connectivity index (χ1) is 14.8. The van der Waals surface area contributed by atoms with Gasteiger partial charge in [-0.2, -0.15) is 0 Å². The molecule has 0 aromatic heterocycles. The Morgan fingerprint density at radius 2 is 1.91 bits per heavy atom. The zero-order chi connectivity index (χ0) is 24.2. The van der Waals surface area contributed by atoms with Crippen molar-refractivity contribution in [2.75, 3.05) is 29.4 Å². The highest BCUT2D eigenvalue weighted by Gasteiger charge is 2.36. The minimum absolute atomic E-state index is 0.0761. The van der Waals surface area contributed by atoms with Crippen molar-refractivity contribution in [2.45, 2.75) is 45.8 Å². The number of cyclic esters (lactones) is 1. The number of fused-ring (bicyclic) bond motifs is 1. The van der Waals surface area contributed by atoms with Gasteiger partial charge in [0.15, 0.2) is 0 Å². The molecule has 0 unspecified atom stereocenters. The second kappa shape index (κ2) is 10.4. The van der Waals surface area contributed by atoms with Crippen molar-refractivity contribution in [3.63, 3.8) is 0 Å². The van der Waals surface area contributed by atoms with Crippen molar-refractivity contribution in [1.29, 1.82) is 0 Å². The first kappa shape index (κ1) is 25.7. The molecule has 1 N–H and O–H groups in total. The van der Waals surface area contributed by atoms with E-state index in [9.17, 15) is 18.8 Å². The number of hydrogen-bond donors (Lipinski definition) is 1. The van der Waals surface area contributed by atoms with Gasteiger partial charge in [0.1, 0.15) is 17.5 Å². The quantitative estimate of drug-likeness (QED) is 0.633. The summed E-state index contributed by atoms with van der Waals surface area (Å²) in [7, 11) is 0. The highest BCUT2D eigenvalue weighted by Crippen LogP contribution is 2.36. The van der Waals surface area contributed by atoms with Crippen molar-refractivity contribution in [2.24, 2.45) is 0 Å². The highest BCUT2D eigenvalue weighted by molar-refractivity contribution is 6.93. The van der Waals surface area contributed by atoms with Gasteiger partial charge in [0.25, 0.3) is 0 Å². The van der Waals surface area contributed by atoms with Gasteiger partial charge in [-0.3, -0.25) is 14.5 Å². The van der Waals surface area contributed by atoms with E-state index in [1.165, 1.54) is 15.9 Å². The zero-order valence-electron chi connectivity index (χ0n) is 18.0. The Morgan fingerprint density at radius 1 is 1.28 bits per heavy atom. The third-order valence-corrected chi connectivity index (χ3v) is 4.41. The van der Waals surface area contributed by atoms with Crippen LogP contribution in [0.2, 0.25) is 0 Å². The Hall–Kier alpha value is -2.59. The molecule has 2 heterocycles. The summed E-state index contributed by atoms with van der Waals surface area (Å²) in [6.45, 7) is 7.63. The van der Waals surface area contributed by atoms with Crippen LogP contribution in [0.3, 0.4) is 0 Å². The van der Waals surface area contributed by atoms with Crippen LogP contribution in [0.4, 0.5) is 30.1 Å². The number of rotatable bonds is 4. The fraction of sp³-hybridized carbons (Fsp3) is 0.500. The van der Waals surface area contributed by atoms with E-state index in [1.807, 2.05) is 0 Å². The van der Waals surface area contributed by atoms with Crippen molar-refractivity contribution in [3.8, 4) is 0 Å². The molecule has 3 rings (SSSR count). The maximum absolute atomic E-state index is 14.6. The molecule has 1 saturated heterocycles. The van der Waals surface area contributed by atoms with E-state index in [2.05, 4.69) is 28.5 Å². The van der Waals surface area contributed by atoms with E-state index in [1.54, 1.807) is 33.8 Å². The number of ether oxygens (including phenoxy) is 2. The van der Waals surface area contributed by atoms with E-state index in [0.29, 0.717) is 17.8 Å². The van der Waals surface area contributed by atoms with Crippen LogP contribution in [0.5, 0.6) is 0 Å². The van der Waals surface area contributed by atoms with Gasteiger partial charge in [0, 0.05) is 6.54 Å². The van der Waals surface area contributed by atoms with Gasteiger partial charge in [0.2, 0.25) is 5.91 Å². The molecule has 0 saturated carbocycles. The summed E-state index contributed by atoms with van der Waals surface area (Å²) >= 11 is 8.80. The fourth-order valence-corrected chi connectivity index (χ4v) is 3.30. The van der Waals surface area contributed by atoms with E-state index in [-0.39, 0.29) is 31.1 Å². The third-order valence-electron chi connectivity index (χ3n) is 4.41. The average Bonchev–Trinajstić information content (AvgIpc) is 3.17. The Kier molecular flexibility index (Phi) is 8.30. The number of anilines is 2. The van der Waals surface area contributed by atoms with E-state index in [4.69, 9.17) is 14.3 Å². The number of halogens is 3. The minimum Gasteiger partial charge on any atom is -0.444 e. The zero-order valence-corrected chi connectivity index (χ0v) is 19.6. The number of alkyl carbamates (subject to hydrolysis) is 1. The number of nitrogens with one attached hydrogen (secondary N) is 1. The normalized spacial score (nSPS) is 17.4. The summed E-state index contributed by atoms with van der Waals surface area (Å²) < 4.78 is 24.1. The topological polar surface area (TPSA) is 105 Å². The number of benzene rings is 1. The van der Waals surface area contributed by atoms with Gasteiger partial charge in [-0.25, -0.2) is 14.0 Å². The molecular formula is C20H24Cl2FN3O6. The van der Waals surface area contributed by atoms with Crippen LogP contribution >= 0.6 is 23.2 Å². The SMILES string of the molecule is CCN1C(=O)Cc2cc(N3C[C@H](CNC(=O)OC(C)(C)C)OC3=O)cc(F)c21.O=C(Cl)Cl. The lowest BCUT2D eigenvalue weighted by atomic mass is 10.1. The number of amides is 3. The van der Waals surface area contributed by atoms with Crippen molar-refractivity contribution >= 4 is 57.4 Å². The summed E-state index contributed by atoms with van der Waals surface area (Å²) in [6.07, 6.45) is -1.73. The molecule has 2 aliphatic rings. The number of likely N-dealkylation sites (N-methyl/N-ethyl adjacent to an activating group) is 1. The second-order valence-corrected chi connectivity index (χ2v) is 8.86. The average molecular weight is 492 g/mol. The smallest absolute Gasteiger partial charge is 0.414 e. The number of carbonyl (C=O) groups is 4. The van der Waals surface area contributed by atoms with Crippen LogP contribution in [0, 0.1) is 5.82 Å². The summed E-state index contributed by atoms with van der Waals surface area (Å²) in [6, 6.07) is 2.86. The molecule has 1 fully saturated rings. The lowest BCUT2D eigenvalue weighted by molar-refractivity contribution is -0.117. The van der Waals surface area contributed by atoms with Gasteiger partial charge < -0.3 is 19.7 Å². The molecule has 0 spiro atoms. The van der Waals surface area contributed by atoms with Crippen molar-refractivity contribution in [3.05, 3.63) is 23.5 Å². The highest BCUT2D eigenvalue weighted by atomic mass is 35.5. The first-order valence-electron chi connectivity index (χ1n) is 9.75. The van der Waals surface area contributed by atoms with Gasteiger partial charge in [-0.05, 0) is 68.6 Å². The van der Waals surface area contributed by atoms with Gasteiger partial charge in [0.05, 0.1) is 30.9 Å². The van der Waals surface area contributed by atoms with Crippen LogP contribution in [0.1, 0.15) is 33.3 Å². The molecule has 1 aromatic carbocycles. The summed E-state index contributed by atoms with van der Waals surface area (Å²) in [5.74, 6) is -0.722. The molecule has 0 radical (unpaired) electrons. The fourth-order valence-electron chi connectivity index (χ4n) is 3.30. The van der Waals surface area contributed by atoms with Gasteiger partial charge >= 0.3 is 16.9 Å². The predicted octanol–water partition coefficient (Wildman–Crippen LogP) is 4.17. The predicted molar refractivity (Wildman–Crippen MR) is 117 cm³/mol. The monoisotopic (exact) mass is 491 g/mol. The van der Waals surface area contributed by atoms with Crippen LogP contribution in [-0.2, 0) is 20.7 Å². The number of hydrogen-bond acceptors (Lipinski definition) is 6. The summed E-state index contributed by atoms with van der Waals surface area (Å²) in [5, 5.41) is 2.56. The molecule has 32 heavy (non-hydrogen) atoms. The van der Waals surface area contributed by atoms with Gasteiger partial charge in [-0.1, -0.05) is 0 Å². The third kappa shape index (κ3) is 6.70. The molecule has 0 aliphatic carbocycles. The molecule has 9 nitrogen and oxygen atoms in total. The lowest BCUT2D eigenvalue weighted by Gasteiger charge is -2.20. The second-order valence-electron chi connectivity index (χ2n) is 7.97. The maximum atomic E-state index is 14.6. The van der Waals surface area contributed by atoms with E-state index in [0.717, 1.165) is 0 Å². The van der Waals surface area contributed by atoms with Crippen LogP contribution in [-0.4, -0.2) is 54.1 Å². The van der Waals surface area contributed by atoms with E-state index < -0.39 is 34.4 Å². The Balaban J connectivity index is 0.000000837. The number of nitrogens with zero attached hydrogens (tertiary/aromatic N) is 2. The van der Waals surface area contributed by atoms with Crippen LogP contribution in [0.25, 0.3) is 0 Å². The number of carbonyl (C=O) groups excluding carboxylic acids is 4. The van der Waals surface area contributed by atoms with E-state index >= 15 is 0 Å². The largest absolute Gasteiger partial charge is 0.444 e. The molecule has 12 heteroatoms. The Labute approximate surface area is 194 Å². The van der Waals surface area contributed by atoms with Crippen LogP contribution in [0.15, 0.2) is 12.1 Å². The summed E-state index contributed by atoms with van der Waals surface area (Å²) in [4.78, 5) is 47.6. The molecule has 0 bridgehead atoms. The lowest BCUT2D eigenvalue weighted by Crippen LogP contribution is -2.38. The molecular weight excluding hydrogens is 468 g/mol. The Bertz CT molecular complexity index is 917. The van der Waals surface area contributed by atoms with Crippen molar-refractivity contribution in [1.82, 2.24) is 5.32 Å². The standard InChI is InChI=1S/C19H24FN3O5.CCl2O/c1-5-22-15(24)7-11-6-12(8-14(20)16(11)22)23-10-13(27-18(23)26)9-21-17(25)28-19(2,3)4;2-1(3)4/h6,8,13H,5,7,9-10H2,1-4H3,(H,21,25);/t13-;/m0./s1. The molecule has 176 valence electrons. The van der Waals surface area contributed by atoms with Crippen molar-refractivity contribution < 1.29 is 33.0 Å². The maximum Gasteiger partial charge on any atom is 0.414 e. The van der Waals surface area contributed by atoms with Crippen LogP contribution < -0.4 is 15.1 Å². The Morgan fingerprint density at radius 3 is 2.47 bits per heavy atom.